The molecule has 2 heterocycles. The van der Waals surface area contributed by atoms with Gasteiger partial charge in [0, 0.05) is 16.5 Å². The minimum atomic E-state index is 0.0990. The van der Waals surface area contributed by atoms with E-state index in [0.29, 0.717) is 29.8 Å². The van der Waals surface area contributed by atoms with E-state index in [-0.39, 0.29) is 6.61 Å². The fourth-order valence-electron chi connectivity index (χ4n) is 2.05. The van der Waals surface area contributed by atoms with E-state index in [4.69, 9.17) is 18.8 Å². The summed E-state index contributed by atoms with van der Waals surface area (Å²) < 4.78 is 15.9. The zero-order valence-electron chi connectivity index (χ0n) is 13.8. The van der Waals surface area contributed by atoms with Crippen molar-refractivity contribution in [2.45, 2.75) is 13.5 Å². The lowest BCUT2D eigenvalue weighted by atomic mass is 10.2. The molecule has 0 spiro atoms. The van der Waals surface area contributed by atoms with E-state index in [1.807, 2.05) is 41.9 Å². The summed E-state index contributed by atoms with van der Waals surface area (Å²) >= 11 is 1.57. The molecule has 0 unspecified atom stereocenters. The van der Waals surface area contributed by atoms with Gasteiger partial charge in [-0.25, -0.2) is 0 Å². The number of nitrogens with zero attached hydrogens (tertiary/aromatic N) is 3. The average Bonchev–Trinajstić information content (AvgIpc) is 3.31. The number of benzene rings is 1. The molecule has 25 heavy (non-hydrogen) atoms. The quantitative estimate of drug-likeness (QED) is 0.450. The highest BCUT2D eigenvalue weighted by molar-refractivity contribution is 7.08. The fourth-order valence-corrected chi connectivity index (χ4v) is 2.69. The van der Waals surface area contributed by atoms with Gasteiger partial charge in [0.15, 0.2) is 18.1 Å². The minimum absolute atomic E-state index is 0.0990. The monoisotopic (exact) mass is 359 g/mol. The summed E-state index contributed by atoms with van der Waals surface area (Å²) in [6, 6.07) is 7.44. The Kier molecular flexibility index (Phi) is 5.63. The SMILES string of the molecule is CCOc1ccc(/C=N\OCc2nc(-c3ccsc3)no2)cc1OC. The van der Waals surface area contributed by atoms with Crippen LogP contribution in [-0.2, 0) is 11.4 Å². The predicted octanol–water partition coefficient (Wildman–Crippen LogP) is 3.76. The lowest BCUT2D eigenvalue weighted by Gasteiger charge is -2.09. The van der Waals surface area contributed by atoms with Crippen LogP contribution in [0.1, 0.15) is 18.4 Å². The van der Waals surface area contributed by atoms with Crippen LogP contribution in [0.4, 0.5) is 0 Å². The van der Waals surface area contributed by atoms with Crippen LogP contribution in [0.5, 0.6) is 11.5 Å². The predicted molar refractivity (Wildman–Crippen MR) is 94.2 cm³/mol. The second-order valence-corrected chi connectivity index (χ2v) is 5.66. The van der Waals surface area contributed by atoms with Crippen molar-refractivity contribution in [2.24, 2.45) is 5.16 Å². The summed E-state index contributed by atoms with van der Waals surface area (Å²) in [5.41, 5.74) is 1.75. The topological polar surface area (TPSA) is 79.0 Å². The first kappa shape index (κ1) is 17.0. The van der Waals surface area contributed by atoms with Gasteiger partial charge >= 0.3 is 0 Å². The van der Waals surface area contributed by atoms with E-state index >= 15 is 0 Å². The maximum atomic E-state index is 5.47. The molecule has 130 valence electrons. The van der Waals surface area contributed by atoms with Gasteiger partial charge in [-0.2, -0.15) is 16.3 Å². The molecule has 8 heteroatoms. The van der Waals surface area contributed by atoms with Crippen LogP contribution in [-0.4, -0.2) is 30.1 Å². The lowest BCUT2D eigenvalue weighted by molar-refractivity contribution is 0.107. The van der Waals surface area contributed by atoms with Crippen molar-refractivity contribution >= 4 is 17.6 Å². The van der Waals surface area contributed by atoms with E-state index in [0.717, 1.165) is 11.1 Å². The second-order valence-electron chi connectivity index (χ2n) is 4.88. The molecule has 0 amide bonds. The largest absolute Gasteiger partial charge is 0.493 e. The van der Waals surface area contributed by atoms with E-state index in [1.54, 1.807) is 24.7 Å². The summed E-state index contributed by atoms with van der Waals surface area (Å²) in [5, 5.41) is 11.7. The summed E-state index contributed by atoms with van der Waals surface area (Å²) in [6.07, 6.45) is 1.58. The number of hydrogen-bond acceptors (Lipinski definition) is 8. The Balaban J connectivity index is 1.56. The third-order valence-electron chi connectivity index (χ3n) is 3.20. The number of ether oxygens (including phenoxy) is 2. The molecule has 0 aliphatic heterocycles. The van der Waals surface area contributed by atoms with Crippen molar-refractivity contribution in [1.29, 1.82) is 0 Å². The average molecular weight is 359 g/mol. The van der Waals surface area contributed by atoms with Crippen LogP contribution in [0, 0.1) is 0 Å². The molecular weight excluding hydrogens is 342 g/mol. The van der Waals surface area contributed by atoms with Gasteiger partial charge in [0.05, 0.1) is 19.9 Å². The van der Waals surface area contributed by atoms with Crippen molar-refractivity contribution < 1.29 is 18.8 Å². The number of thiophene rings is 1. The maximum Gasteiger partial charge on any atom is 0.267 e. The van der Waals surface area contributed by atoms with E-state index in [9.17, 15) is 0 Å². The van der Waals surface area contributed by atoms with Gasteiger partial charge in [-0.3, -0.25) is 0 Å². The Morgan fingerprint density at radius 3 is 2.96 bits per heavy atom. The zero-order valence-corrected chi connectivity index (χ0v) is 14.7. The van der Waals surface area contributed by atoms with Crippen LogP contribution in [0.25, 0.3) is 11.4 Å². The minimum Gasteiger partial charge on any atom is -0.493 e. The van der Waals surface area contributed by atoms with Gasteiger partial charge in [0.25, 0.3) is 5.89 Å². The number of oxime groups is 1. The third-order valence-corrected chi connectivity index (χ3v) is 3.88. The standard InChI is InChI=1S/C17H17N3O4S/c1-3-22-14-5-4-12(8-15(14)21-2)9-18-23-10-16-19-17(20-24-16)13-6-7-25-11-13/h4-9,11H,3,10H2,1-2H3/b18-9-. The van der Waals surface area contributed by atoms with Gasteiger partial charge in [0.2, 0.25) is 5.82 Å². The van der Waals surface area contributed by atoms with Crippen molar-refractivity contribution in [2.75, 3.05) is 13.7 Å². The number of hydrogen-bond donors (Lipinski definition) is 0. The maximum absolute atomic E-state index is 5.47. The molecule has 0 fully saturated rings. The number of methoxy groups -OCH3 is 1. The Bertz CT molecular complexity index is 830. The fraction of sp³-hybridized carbons (Fsp3) is 0.235. The van der Waals surface area contributed by atoms with Crippen LogP contribution in [0.15, 0.2) is 44.7 Å². The van der Waals surface area contributed by atoms with Crippen LogP contribution >= 0.6 is 11.3 Å². The highest BCUT2D eigenvalue weighted by atomic mass is 32.1. The summed E-state index contributed by atoms with van der Waals surface area (Å²) in [7, 11) is 1.59. The molecule has 0 N–H and O–H groups in total. The first-order valence-electron chi connectivity index (χ1n) is 7.61. The molecule has 0 aliphatic rings. The summed E-state index contributed by atoms with van der Waals surface area (Å²) in [4.78, 5) is 9.46. The third kappa shape index (κ3) is 4.36. The molecule has 3 rings (SSSR count). The molecule has 2 aromatic heterocycles. The molecule has 0 saturated carbocycles. The second kappa shape index (κ2) is 8.29. The van der Waals surface area contributed by atoms with Crippen molar-refractivity contribution in [3.05, 3.63) is 46.5 Å². The van der Waals surface area contributed by atoms with Gasteiger partial charge < -0.3 is 18.8 Å². The molecule has 0 atom stereocenters. The molecule has 1 aromatic carbocycles. The first-order chi connectivity index (χ1) is 12.3. The lowest BCUT2D eigenvalue weighted by Crippen LogP contribution is -1.96. The molecule has 0 radical (unpaired) electrons. The van der Waals surface area contributed by atoms with Crippen molar-refractivity contribution in [1.82, 2.24) is 10.1 Å². The van der Waals surface area contributed by atoms with Crippen LogP contribution < -0.4 is 9.47 Å². The molecule has 7 nitrogen and oxygen atoms in total. The zero-order chi connectivity index (χ0) is 17.5. The first-order valence-corrected chi connectivity index (χ1v) is 8.55. The van der Waals surface area contributed by atoms with Crippen molar-refractivity contribution in [3.8, 4) is 22.9 Å². The highest BCUT2D eigenvalue weighted by Gasteiger charge is 2.09. The van der Waals surface area contributed by atoms with Gasteiger partial charge in [-0.05, 0) is 36.6 Å². The molecule has 0 aliphatic carbocycles. The summed E-state index contributed by atoms with van der Waals surface area (Å²) in [5.74, 6) is 2.24. The van der Waals surface area contributed by atoms with Crippen LogP contribution in [0.2, 0.25) is 0 Å². The molecule has 0 saturated heterocycles. The number of rotatable bonds is 8. The smallest absolute Gasteiger partial charge is 0.267 e. The van der Waals surface area contributed by atoms with Crippen LogP contribution in [0.3, 0.4) is 0 Å². The summed E-state index contributed by atoms with van der Waals surface area (Å²) in [6.45, 7) is 2.59. The van der Waals surface area contributed by atoms with E-state index in [1.165, 1.54) is 0 Å². The number of aromatic nitrogens is 2. The van der Waals surface area contributed by atoms with Crippen molar-refractivity contribution in [3.63, 3.8) is 0 Å². The Morgan fingerprint density at radius 1 is 1.28 bits per heavy atom. The van der Waals surface area contributed by atoms with Gasteiger partial charge in [0.1, 0.15) is 0 Å². The van der Waals surface area contributed by atoms with E-state index in [2.05, 4.69) is 15.3 Å². The Labute approximate surface area is 148 Å². The van der Waals surface area contributed by atoms with Gasteiger partial charge in [-0.1, -0.05) is 10.3 Å². The Hall–Kier alpha value is -2.87. The Morgan fingerprint density at radius 2 is 2.20 bits per heavy atom. The van der Waals surface area contributed by atoms with Gasteiger partial charge in [-0.15, -0.1) is 0 Å². The molecule has 3 aromatic rings. The highest BCUT2D eigenvalue weighted by Crippen LogP contribution is 2.27. The van der Waals surface area contributed by atoms with E-state index < -0.39 is 0 Å². The molecule has 0 bridgehead atoms. The normalized spacial score (nSPS) is 11.0. The molecular formula is C17H17N3O4S.